The van der Waals surface area contributed by atoms with Gasteiger partial charge in [-0.2, -0.15) is 0 Å². The van der Waals surface area contributed by atoms with Crippen LogP contribution in [0.3, 0.4) is 0 Å². The van der Waals surface area contributed by atoms with E-state index in [1.54, 1.807) is 6.20 Å². The third-order valence-electron chi connectivity index (χ3n) is 4.47. The van der Waals surface area contributed by atoms with Crippen LogP contribution in [0.4, 0.5) is 0 Å². The number of aliphatic hydroxyl groups is 1. The Labute approximate surface area is 110 Å². The molecule has 2 nitrogen and oxygen atoms in total. The zero-order chi connectivity index (χ0) is 13.1. The van der Waals surface area contributed by atoms with Gasteiger partial charge in [-0.25, -0.2) is 0 Å². The molecular formula is C16H25NO. The van der Waals surface area contributed by atoms with Crippen molar-refractivity contribution in [1.29, 1.82) is 0 Å². The van der Waals surface area contributed by atoms with E-state index < -0.39 is 6.10 Å². The van der Waals surface area contributed by atoms with Gasteiger partial charge in [0.2, 0.25) is 0 Å². The molecule has 0 spiro atoms. The minimum Gasteiger partial charge on any atom is -0.387 e. The fraction of sp³-hybridized carbons (Fsp3) is 0.688. The molecule has 2 heteroatoms. The molecule has 0 unspecified atom stereocenters. The topological polar surface area (TPSA) is 33.1 Å². The number of pyridine rings is 1. The first-order valence-electron chi connectivity index (χ1n) is 7.18. The largest absolute Gasteiger partial charge is 0.387 e. The Kier molecular flexibility index (Phi) is 4.39. The first-order chi connectivity index (χ1) is 8.59. The van der Waals surface area contributed by atoms with Crippen molar-refractivity contribution in [2.75, 3.05) is 0 Å². The minimum atomic E-state index is -0.402. The molecule has 0 bridgehead atoms. The zero-order valence-corrected chi connectivity index (χ0v) is 11.7. The Balaban J connectivity index is 2.17. The van der Waals surface area contributed by atoms with Gasteiger partial charge >= 0.3 is 0 Å². The molecule has 1 aromatic rings. The summed E-state index contributed by atoms with van der Waals surface area (Å²) >= 11 is 0. The lowest BCUT2D eigenvalue weighted by molar-refractivity contribution is 0.0121. The average molecular weight is 247 g/mol. The molecule has 1 aromatic heterocycles. The normalized spacial score (nSPS) is 30.4. The van der Waals surface area contributed by atoms with E-state index in [0.29, 0.717) is 17.8 Å². The molecule has 1 heterocycles. The second kappa shape index (κ2) is 5.83. The quantitative estimate of drug-likeness (QED) is 0.880. The van der Waals surface area contributed by atoms with E-state index in [0.717, 1.165) is 18.0 Å². The number of rotatable bonds is 3. The molecule has 0 radical (unpaired) electrons. The predicted molar refractivity (Wildman–Crippen MR) is 74.0 cm³/mol. The van der Waals surface area contributed by atoms with Crippen molar-refractivity contribution < 1.29 is 5.11 Å². The number of nitrogens with zero attached hydrogens (tertiary/aromatic N) is 1. The molecule has 100 valence electrons. The zero-order valence-electron chi connectivity index (χ0n) is 11.7. The first kappa shape index (κ1) is 13.5. The summed E-state index contributed by atoms with van der Waals surface area (Å²) in [6.07, 6.45) is 5.04. The molecule has 0 saturated heterocycles. The summed E-state index contributed by atoms with van der Waals surface area (Å²) in [5.41, 5.74) is 0.835. The summed E-state index contributed by atoms with van der Waals surface area (Å²) < 4.78 is 0. The van der Waals surface area contributed by atoms with E-state index in [1.165, 1.54) is 12.8 Å². The Morgan fingerprint density at radius 1 is 1.22 bits per heavy atom. The summed E-state index contributed by atoms with van der Waals surface area (Å²) in [6.45, 7) is 6.85. The van der Waals surface area contributed by atoms with Gasteiger partial charge < -0.3 is 5.11 Å². The van der Waals surface area contributed by atoms with E-state index >= 15 is 0 Å². The summed E-state index contributed by atoms with van der Waals surface area (Å²) in [5, 5.41) is 10.6. The van der Waals surface area contributed by atoms with Crippen molar-refractivity contribution in [2.24, 2.45) is 23.7 Å². The van der Waals surface area contributed by atoms with Crippen LogP contribution in [0, 0.1) is 23.7 Å². The fourth-order valence-corrected chi connectivity index (χ4v) is 3.41. The summed E-state index contributed by atoms with van der Waals surface area (Å²) in [5.74, 6) is 2.35. The second-order valence-electron chi connectivity index (χ2n) is 6.19. The van der Waals surface area contributed by atoms with Crippen LogP contribution < -0.4 is 0 Å². The minimum absolute atomic E-state index is 0.364. The molecule has 0 aromatic carbocycles. The average Bonchev–Trinajstić information content (AvgIpc) is 2.38. The van der Waals surface area contributed by atoms with Gasteiger partial charge in [0.05, 0.1) is 11.8 Å². The molecular weight excluding hydrogens is 222 g/mol. The van der Waals surface area contributed by atoms with Crippen LogP contribution in [0.2, 0.25) is 0 Å². The van der Waals surface area contributed by atoms with Crippen LogP contribution >= 0.6 is 0 Å². The number of hydrogen-bond donors (Lipinski definition) is 1. The van der Waals surface area contributed by atoms with Crippen LogP contribution in [0.15, 0.2) is 24.4 Å². The standard InChI is InChI=1S/C16H25NO/c1-11(2)13-8-7-12(3)10-14(13)16(18)15-6-4-5-9-17-15/h4-6,9,11-14,16,18H,7-8,10H2,1-3H3/t12-,13+,14+,16-/m1/s1. The predicted octanol–water partition coefficient (Wildman–Crippen LogP) is 3.82. The van der Waals surface area contributed by atoms with Crippen LogP contribution in [0.25, 0.3) is 0 Å². The van der Waals surface area contributed by atoms with Crippen LogP contribution in [-0.4, -0.2) is 10.1 Å². The van der Waals surface area contributed by atoms with E-state index in [9.17, 15) is 5.11 Å². The van der Waals surface area contributed by atoms with Crippen molar-refractivity contribution in [3.05, 3.63) is 30.1 Å². The Hall–Kier alpha value is -0.890. The highest BCUT2D eigenvalue weighted by atomic mass is 16.3. The molecule has 0 aliphatic heterocycles. The lowest BCUT2D eigenvalue weighted by Crippen LogP contribution is -2.32. The van der Waals surface area contributed by atoms with Gasteiger partial charge in [-0.05, 0) is 48.6 Å². The van der Waals surface area contributed by atoms with Crippen molar-refractivity contribution in [3.8, 4) is 0 Å². The number of hydrogen-bond acceptors (Lipinski definition) is 2. The Morgan fingerprint density at radius 3 is 2.61 bits per heavy atom. The molecule has 1 N–H and O–H groups in total. The SMILES string of the molecule is CC(C)[C@@H]1CC[C@@H](C)C[C@@H]1[C@@H](O)c1ccccn1. The van der Waals surface area contributed by atoms with Crippen LogP contribution in [-0.2, 0) is 0 Å². The van der Waals surface area contributed by atoms with Gasteiger partial charge in [0.15, 0.2) is 0 Å². The Bertz CT molecular complexity index is 363. The first-order valence-corrected chi connectivity index (χ1v) is 7.18. The van der Waals surface area contributed by atoms with Crippen LogP contribution in [0.5, 0.6) is 0 Å². The lowest BCUT2D eigenvalue weighted by atomic mass is 9.67. The van der Waals surface area contributed by atoms with Gasteiger partial charge in [0.25, 0.3) is 0 Å². The Morgan fingerprint density at radius 2 is 2.00 bits per heavy atom. The van der Waals surface area contributed by atoms with Crippen LogP contribution in [0.1, 0.15) is 51.8 Å². The molecule has 2 rings (SSSR count). The van der Waals surface area contributed by atoms with Gasteiger partial charge in [0, 0.05) is 6.20 Å². The fourth-order valence-electron chi connectivity index (χ4n) is 3.41. The van der Waals surface area contributed by atoms with Gasteiger partial charge in [-0.15, -0.1) is 0 Å². The summed E-state index contributed by atoms with van der Waals surface area (Å²) in [4.78, 5) is 4.32. The van der Waals surface area contributed by atoms with E-state index in [2.05, 4.69) is 25.8 Å². The van der Waals surface area contributed by atoms with Gasteiger partial charge in [-0.1, -0.05) is 33.3 Å². The number of aromatic nitrogens is 1. The van der Waals surface area contributed by atoms with Crippen molar-refractivity contribution in [1.82, 2.24) is 4.98 Å². The maximum Gasteiger partial charge on any atom is 0.0990 e. The van der Waals surface area contributed by atoms with Crippen molar-refractivity contribution >= 4 is 0 Å². The molecule has 18 heavy (non-hydrogen) atoms. The third kappa shape index (κ3) is 2.92. The summed E-state index contributed by atoms with van der Waals surface area (Å²) in [6, 6.07) is 5.81. The van der Waals surface area contributed by atoms with Crippen molar-refractivity contribution in [2.45, 2.75) is 46.1 Å². The smallest absolute Gasteiger partial charge is 0.0990 e. The highest BCUT2D eigenvalue weighted by molar-refractivity contribution is 5.08. The highest BCUT2D eigenvalue weighted by Crippen LogP contribution is 2.43. The maximum absolute atomic E-state index is 10.6. The molecule has 1 saturated carbocycles. The van der Waals surface area contributed by atoms with E-state index in [4.69, 9.17) is 0 Å². The van der Waals surface area contributed by atoms with E-state index in [-0.39, 0.29) is 0 Å². The third-order valence-corrected chi connectivity index (χ3v) is 4.47. The van der Waals surface area contributed by atoms with Gasteiger partial charge in [-0.3, -0.25) is 4.98 Å². The van der Waals surface area contributed by atoms with Gasteiger partial charge in [0.1, 0.15) is 0 Å². The molecule has 4 atom stereocenters. The molecule has 1 aliphatic rings. The van der Waals surface area contributed by atoms with E-state index in [1.807, 2.05) is 18.2 Å². The molecule has 1 aliphatic carbocycles. The monoisotopic (exact) mass is 247 g/mol. The molecule has 0 amide bonds. The molecule has 1 fully saturated rings. The summed E-state index contributed by atoms with van der Waals surface area (Å²) in [7, 11) is 0. The van der Waals surface area contributed by atoms with Crippen molar-refractivity contribution in [3.63, 3.8) is 0 Å². The second-order valence-corrected chi connectivity index (χ2v) is 6.19. The highest BCUT2D eigenvalue weighted by Gasteiger charge is 2.36. The lowest BCUT2D eigenvalue weighted by Gasteiger charge is -2.39. The number of aliphatic hydroxyl groups excluding tert-OH is 1. The maximum atomic E-state index is 10.6.